The van der Waals surface area contributed by atoms with E-state index in [1.165, 1.54) is 34.5 Å². The standard InChI is InChI=1S/C20H21N7O4S/c1-2-3-4-14-5-9-16(10-6-14)26-20(23-24-25-26)32-13-18(28)21-22-19(29)15-7-11-17(12-8-15)27(30)31/h5-12H,2-4,13H2,1H3,(H,21,28)(H,22,29). The first kappa shape index (κ1) is 22.9. The lowest BCUT2D eigenvalue weighted by molar-refractivity contribution is -0.384. The zero-order valence-electron chi connectivity index (χ0n) is 17.2. The summed E-state index contributed by atoms with van der Waals surface area (Å²) in [4.78, 5) is 34.3. The lowest BCUT2D eigenvalue weighted by Crippen LogP contribution is -2.42. The van der Waals surface area contributed by atoms with Crippen molar-refractivity contribution in [2.45, 2.75) is 31.3 Å². The van der Waals surface area contributed by atoms with Gasteiger partial charge in [-0.25, -0.2) is 0 Å². The third kappa shape index (κ3) is 6.11. The van der Waals surface area contributed by atoms with E-state index in [9.17, 15) is 19.7 Å². The molecule has 11 nitrogen and oxygen atoms in total. The van der Waals surface area contributed by atoms with Crippen LogP contribution in [0.5, 0.6) is 0 Å². The number of hydrazine groups is 1. The Morgan fingerprint density at radius 3 is 2.47 bits per heavy atom. The summed E-state index contributed by atoms with van der Waals surface area (Å²) in [7, 11) is 0. The van der Waals surface area contributed by atoms with Crippen molar-refractivity contribution in [2.24, 2.45) is 0 Å². The Bertz CT molecular complexity index is 1080. The number of aryl methyl sites for hydroxylation is 1. The van der Waals surface area contributed by atoms with Gasteiger partial charge in [-0.15, -0.1) is 5.10 Å². The van der Waals surface area contributed by atoms with E-state index in [4.69, 9.17) is 0 Å². The zero-order chi connectivity index (χ0) is 22.9. The van der Waals surface area contributed by atoms with Crippen LogP contribution < -0.4 is 10.9 Å². The monoisotopic (exact) mass is 455 g/mol. The van der Waals surface area contributed by atoms with Gasteiger partial charge < -0.3 is 0 Å². The second-order valence-electron chi connectivity index (χ2n) is 6.74. The highest BCUT2D eigenvalue weighted by Crippen LogP contribution is 2.19. The fourth-order valence-electron chi connectivity index (χ4n) is 2.72. The van der Waals surface area contributed by atoms with Gasteiger partial charge in [0.25, 0.3) is 11.6 Å². The molecule has 2 N–H and O–H groups in total. The van der Waals surface area contributed by atoms with Gasteiger partial charge in [0.05, 0.1) is 16.4 Å². The average molecular weight is 456 g/mol. The maximum Gasteiger partial charge on any atom is 0.269 e. The number of tetrazole rings is 1. The first-order valence-electron chi connectivity index (χ1n) is 9.82. The highest BCUT2D eigenvalue weighted by Gasteiger charge is 2.13. The van der Waals surface area contributed by atoms with E-state index in [0.717, 1.165) is 36.7 Å². The molecule has 0 aliphatic heterocycles. The first-order valence-corrected chi connectivity index (χ1v) is 10.8. The summed E-state index contributed by atoms with van der Waals surface area (Å²) in [5.41, 5.74) is 6.63. The molecule has 0 aliphatic carbocycles. The molecular weight excluding hydrogens is 434 g/mol. The average Bonchev–Trinajstić information content (AvgIpc) is 3.29. The number of nitrogens with one attached hydrogen (secondary N) is 2. The number of nitro groups is 1. The van der Waals surface area contributed by atoms with Gasteiger partial charge in [-0.3, -0.25) is 30.6 Å². The van der Waals surface area contributed by atoms with E-state index < -0.39 is 16.7 Å². The van der Waals surface area contributed by atoms with Gasteiger partial charge in [0.15, 0.2) is 0 Å². The minimum absolute atomic E-state index is 0.0322. The summed E-state index contributed by atoms with van der Waals surface area (Å²) in [5.74, 6) is -1.09. The first-order chi connectivity index (χ1) is 15.5. The molecule has 166 valence electrons. The Morgan fingerprint density at radius 1 is 1.09 bits per heavy atom. The molecule has 2 amide bonds. The van der Waals surface area contributed by atoms with Crippen molar-refractivity contribution in [3.8, 4) is 5.69 Å². The topological polar surface area (TPSA) is 145 Å². The SMILES string of the molecule is CCCCc1ccc(-n2nnnc2SCC(=O)NNC(=O)c2ccc([N+](=O)[O-])cc2)cc1. The largest absolute Gasteiger partial charge is 0.272 e. The van der Waals surface area contributed by atoms with Crippen molar-refractivity contribution < 1.29 is 14.5 Å². The van der Waals surface area contributed by atoms with Crippen LogP contribution in [0.25, 0.3) is 5.69 Å². The molecule has 0 saturated carbocycles. The normalized spacial score (nSPS) is 10.5. The fourth-order valence-corrected chi connectivity index (χ4v) is 3.41. The number of nitrogens with zero attached hydrogens (tertiary/aromatic N) is 5. The third-order valence-electron chi connectivity index (χ3n) is 4.43. The van der Waals surface area contributed by atoms with Crippen LogP contribution in [0.3, 0.4) is 0 Å². The van der Waals surface area contributed by atoms with Gasteiger partial charge >= 0.3 is 0 Å². The number of carbonyl (C=O) groups is 2. The number of hydrogen-bond donors (Lipinski definition) is 2. The van der Waals surface area contributed by atoms with Crippen LogP contribution in [0.2, 0.25) is 0 Å². The van der Waals surface area contributed by atoms with E-state index in [1.54, 1.807) is 0 Å². The van der Waals surface area contributed by atoms with Crippen molar-refractivity contribution in [3.63, 3.8) is 0 Å². The van der Waals surface area contributed by atoms with Crippen LogP contribution >= 0.6 is 11.8 Å². The number of carbonyl (C=O) groups excluding carboxylic acids is 2. The molecule has 32 heavy (non-hydrogen) atoms. The number of benzene rings is 2. The number of unbranched alkanes of at least 4 members (excludes halogenated alkanes) is 1. The molecule has 0 atom stereocenters. The van der Waals surface area contributed by atoms with Crippen molar-refractivity contribution in [2.75, 3.05) is 5.75 Å². The molecule has 2 aromatic carbocycles. The summed E-state index contributed by atoms with van der Waals surface area (Å²) >= 11 is 1.12. The molecule has 0 unspecified atom stereocenters. The highest BCUT2D eigenvalue weighted by molar-refractivity contribution is 7.99. The van der Waals surface area contributed by atoms with E-state index in [2.05, 4.69) is 33.3 Å². The van der Waals surface area contributed by atoms with Gasteiger partial charge in [-0.05, 0) is 53.1 Å². The number of thioether (sulfide) groups is 1. The number of aromatic nitrogens is 4. The summed E-state index contributed by atoms with van der Waals surface area (Å²) in [6.45, 7) is 2.15. The minimum atomic E-state index is -0.591. The van der Waals surface area contributed by atoms with Crippen LogP contribution in [-0.4, -0.2) is 42.7 Å². The Morgan fingerprint density at radius 2 is 1.81 bits per heavy atom. The zero-order valence-corrected chi connectivity index (χ0v) is 18.0. The van der Waals surface area contributed by atoms with Gasteiger partial charge in [0.2, 0.25) is 11.1 Å². The van der Waals surface area contributed by atoms with E-state index in [-0.39, 0.29) is 17.0 Å². The van der Waals surface area contributed by atoms with Gasteiger partial charge in [0.1, 0.15) is 0 Å². The Kier molecular flexibility index (Phi) is 7.86. The van der Waals surface area contributed by atoms with Crippen LogP contribution in [0, 0.1) is 10.1 Å². The summed E-state index contributed by atoms with van der Waals surface area (Å²) < 4.78 is 1.54. The van der Waals surface area contributed by atoms with Crippen LogP contribution in [-0.2, 0) is 11.2 Å². The van der Waals surface area contributed by atoms with Crippen LogP contribution in [0.1, 0.15) is 35.7 Å². The molecule has 1 aromatic heterocycles. The fraction of sp³-hybridized carbons (Fsp3) is 0.250. The minimum Gasteiger partial charge on any atom is -0.272 e. The Balaban J connectivity index is 1.51. The summed E-state index contributed by atoms with van der Waals surface area (Å²) in [6, 6.07) is 12.9. The molecule has 0 aliphatic rings. The van der Waals surface area contributed by atoms with Crippen molar-refractivity contribution in [1.29, 1.82) is 0 Å². The van der Waals surface area contributed by atoms with Gasteiger partial charge in [-0.1, -0.05) is 37.2 Å². The summed E-state index contributed by atoms with van der Waals surface area (Å²) in [6.07, 6.45) is 3.27. The number of nitro benzene ring substituents is 1. The van der Waals surface area contributed by atoms with Crippen LogP contribution in [0.15, 0.2) is 53.7 Å². The predicted octanol–water partition coefficient (Wildman–Crippen LogP) is 2.47. The Labute approximate surface area is 187 Å². The van der Waals surface area contributed by atoms with Crippen molar-refractivity contribution in [1.82, 2.24) is 31.1 Å². The van der Waals surface area contributed by atoms with Gasteiger partial charge in [0, 0.05) is 17.7 Å². The molecule has 0 bridgehead atoms. The summed E-state index contributed by atoms with van der Waals surface area (Å²) in [5, 5.41) is 22.7. The molecule has 1 heterocycles. The smallest absolute Gasteiger partial charge is 0.269 e. The van der Waals surface area contributed by atoms with Gasteiger partial charge in [-0.2, -0.15) is 4.68 Å². The second kappa shape index (κ2) is 11.0. The predicted molar refractivity (Wildman–Crippen MR) is 117 cm³/mol. The second-order valence-corrected chi connectivity index (χ2v) is 7.68. The number of hydrogen-bond acceptors (Lipinski definition) is 8. The maximum atomic E-state index is 12.1. The maximum absolute atomic E-state index is 12.1. The number of rotatable bonds is 9. The molecule has 0 fully saturated rings. The highest BCUT2D eigenvalue weighted by atomic mass is 32.2. The quantitative estimate of drug-likeness (QED) is 0.284. The number of non-ortho nitro benzene ring substituents is 1. The van der Waals surface area contributed by atoms with E-state index in [0.29, 0.717) is 5.16 Å². The van der Waals surface area contributed by atoms with Crippen LogP contribution in [0.4, 0.5) is 5.69 Å². The Hall–Kier alpha value is -3.80. The van der Waals surface area contributed by atoms with E-state index in [1.807, 2.05) is 24.3 Å². The lowest BCUT2D eigenvalue weighted by Gasteiger charge is -2.08. The van der Waals surface area contributed by atoms with Crippen molar-refractivity contribution in [3.05, 3.63) is 69.8 Å². The van der Waals surface area contributed by atoms with Crippen molar-refractivity contribution >= 4 is 29.3 Å². The van der Waals surface area contributed by atoms with E-state index >= 15 is 0 Å². The molecule has 3 rings (SSSR count). The molecular formula is C20H21N7O4S. The molecule has 3 aromatic rings. The third-order valence-corrected chi connectivity index (χ3v) is 5.35. The number of amides is 2. The molecule has 0 spiro atoms. The molecule has 0 radical (unpaired) electrons. The molecule has 12 heteroatoms. The molecule has 0 saturated heterocycles. The lowest BCUT2D eigenvalue weighted by atomic mass is 10.1.